The van der Waals surface area contributed by atoms with Crippen LogP contribution in [0.4, 0.5) is 0 Å². The van der Waals surface area contributed by atoms with E-state index in [4.69, 9.17) is 0 Å². The number of amides is 1. The molecular formula is C15H31Cl2N3O. The first kappa shape index (κ1) is 21.0. The molecule has 1 amide bonds. The molecule has 2 saturated heterocycles. The fourth-order valence-electron chi connectivity index (χ4n) is 3.63. The third kappa shape index (κ3) is 6.72. The maximum atomic E-state index is 12.0. The molecule has 0 saturated carbocycles. The maximum Gasteiger partial charge on any atom is 0.237 e. The Labute approximate surface area is 141 Å². The van der Waals surface area contributed by atoms with Crippen LogP contribution in [0.5, 0.6) is 0 Å². The molecule has 0 aliphatic carbocycles. The van der Waals surface area contributed by atoms with Crippen LogP contribution in [0.25, 0.3) is 0 Å². The van der Waals surface area contributed by atoms with E-state index in [9.17, 15) is 4.79 Å². The van der Waals surface area contributed by atoms with E-state index in [0.717, 1.165) is 37.8 Å². The number of carbonyl (C=O) groups is 1. The summed E-state index contributed by atoms with van der Waals surface area (Å²) in [5.41, 5.74) is 0. The van der Waals surface area contributed by atoms with Gasteiger partial charge in [-0.2, -0.15) is 0 Å². The molecule has 2 aliphatic rings. The summed E-state index contributed by atoms with van der Waals surface area (Å²) in [7, 11) is 0. The van der Waals surface area contributed by atoms with Crippen molar-refractivity contribution in [1.82, 2.24) is 15.5 Å². The number of hydrogen-bond acceptors (Lipinski definition) is 3. The topological polar surface area (TPSA) is 44.4 Å². The van der Waals surface area contributed by atoms with E-state index >= 15 is 0 Å². The van der Waals surface area contributed by atoms with Crippen LogP contribution in [0.2, 0.25) is 0 Å². The summed E-state index contributed by atoms with van der Waals surface area (Å²) in [5, 5.41) is 6.41. The lowest BCUT2D eigenvalue weighted by Crippen LogP contribution is -2.50. The third-order valence-corrected chi connectivity index (χ3v) is 4.24. The van der Waals surface area contributed by atoms with Gasteiger partial charge in [-0.3, -0.25) is 4.79 Å². The average Bonchev–Trinajstić information content (AvgIpc) is 2.80. The summed E-state index contributed by atoms with van der Waals surface area (Å²) < 4.78 is 0. The predicted octanol–water partition coefficient (Wildman–Crippen LogP) is 2.06. The van der Waals surface area contributed by atoms with Gasteiger partial charge in [-0.05, 0) is 44.6 Å². The van der Waals surface area contributed by atoms with Gasteiger partial charge in [-0.15, -0.1) is 24.8 Å². The molecule has 0 aromatic rings. The molecule has 4 nitrogen and oxygen atoms in total. The summed E-state index contributed by atoms with van der Waals surface area (Å²) >= 11 is 0. The van der Waals surface area contributed by atoms with Gasteiger partial charge >= 0.3 is 0 Å². The van der Waals surface area contributed by atoms with Gasteiger partial charge in [-0.1, -0.05) is 13.8 Å². The van der Waals surface area contributed by atoms with Crippen LogP contribution >= 0.6 is 24.8 Å². The molecule has 4 atom stereocenters. The molecule has 0 aromatic carbocycles. The van der Waals surface area contributed by atoms with E-state index in [1.807, 2.05) is 0 Å². The van der Waals surface area contributed by atoms with Crippen LogP contribution in [0.1, 0.15) is 40.0 Å². The number of halogens is 2. The largest absolute Gasteiger partial charge is 0.351 e. The van der Waals surface area contributed by atoms with Gasteiger partial charge in [0.1, 0.15) is 0 Å². The Morgan fingerprint density at radius 3 is 2.43 bits per heavy atom. The number of nitrogens with one attached hydrogen (secondary N) is 2. The van der Waals surface area contributed by atoms with Crippen LogP contribution in [-0.2, 0) is 4.79 Å². The highest BCUT2D eigenvalue weighted by molar-refractivity contribution is 5.85. The van der Waals surface area contributed by atoms with Crippen LogP contribution in [-0.4, -0.2) is 49.1 Å². The minimum atomic E-state index is 0. The zero-order valence-corrected chi connectivity index (χ0v) is 15.1. The van der Waals surface area contributed by atoms with Gasteiger partial charge in [0.05, 0.1) is 6.04 Å². The van der Waals surface area contributed by atoms with E-state index in [1.165, 1.54) is 19.5 Å². The van der Waals surface area contributed by atoms with Crippen molar-refractivity contribution in [2.45, 2.75) is 52.1 Å². The number of hydrogen-bond donors (Lipinski definition) is 2. The van der Waals surface area contributed by atoms with Crippen LogP contribution in [0.3, 0.4) is 0 Å². The Balaban J connectivity index is 0.00000200. The van der Waals surface area contributed by atoms with Crippen molar-refractivity contribution in [1.29, 1.82) is 0 Å². The molecule has 2 rings (SSSR count). The number of nitrogens with zero attached hydrogens (tertiary/aromatic N) is 1. The second-order valence-electron chi connectivity index (χ2n) is 6.72. The van der Waals surface area contributed by atoms with Crippen molar-refractivity contribution >= 4 is 30.7 Å². The highest BCUT2D eigenvalue weighted by Gasteiger charge is 2.26. The number of rotatable bonds is 4. The summed E-state index contributed by atoms with van der Waals surface area (Å²) in [5.74, 6) is 1.74. The Bertz CT molecular complexity index is 301. The highest BCUT2D eigenvalue weighted by atomic mass is 35.5. The molecule has 0 spiro atoms. The Kier molecular flexibility index (Phi) is 9.87. The molecule has 21 heavy (non-hydrogen) atoms. The van der Waals surface area contributed by atoms with Gasteiger partial charge < -0.3 is 15.5 Å². The van der Waals surface area contributed by atoms with Crippen molar-refractivity contribution in [2.75, 3.05) is 26.2 Å². The van der Waals surface area contributed by atoms with Crippen LogP contribution in [0, 0.1) is 11.8 Å². The maximum absolute atomic E-state index is 12.0. The number of likely N-dealkylation sites (tertiary alicyclic amines) is 1. The number of piperidine rings is 1. The normalized spacial score (nSPS) is 30.9. The second kappa shape index (κ2) is 9.88. The molecule has 0 radical (unpaired) electrons. The van der Waals surface area contributed by atoms with Gasteiger partial charge in [0, 0.05) is 25.7 Å². The highest BCUT2D eigenvalue weighted by Crippen LogP contribution is 2.20. The van der Waals surface area contributed by atoms with Gasteiger partial charge in [0.2, 0.25) is 5.91 Å². The monoisotopic (exact) mass is 339 g/mol. The second-order valence-corrected chi connectivity index (χ2v) is 6.72. The zero-order valence-electron chi connectivity index (χ0n) is 13.4. The summed E-state index contributed by atoms with van der Waals surface area (Å²) in [6.07, 6.45) is 3.44. The van der Waals surface area contributed by atoms with Crippen LogP contribution < -0.4 is 10.6 Å². The lowest BCUT2D eigenvalue weighted by molar-refractivity contribution is -0.123. The first-order valence-electron chi connectivity index (χ1n) is 7.80. The molecule has 4 unspecified atom stereocenters. The molecule has 6 heteroatoms. The van der Waals surface area contributed by atoms with Gasteiger partial charge in [0.15, 0.2) is 0 Å². The molecule has 2 N–H and O–H groups in total. The number of carbonyl (C=O) groups excluding carboxylic acids is 1. The minimum Gasteiger partial charge on any atom is -0.351 e. The first-order valence-corrected chi connectivity index (χ1v) is 7.80. The zero-order chi connectivity index (χ0) is 13.8. The summed E-state index contributed by atoms with van der Waals surface area (Å²) in [6.45, 7) is 11.1. The molecule has 2 fully saturated rings. The van der Waals surface area contributed by atoms with E-state index in [0.29, 0.717) is 0 Å². The molecular weight excluding hydrogens is 309 g/mol. The average molecular weight is 340 g/mol. The van der Waals surface area contributed by atoms with Gasteiger partial charge in [-0.25, -0.2) is 0 Å². The van der Waals surface area contributed by atoms with Crippen molar-refractivity contribution in [3.63, 3.8) is 0 Å². The standard InChI is InChI=1S/C15H29N3O.2ClH/c1-11-7-12(2)9-18(8-11)10-13(3)17-15(19)14-5-4-6-16-14;;/h11-14,16H,4-10H2,1-3H3,(H,17,19);2*1H. The molecule has 2 aliphatic heterocycles. The predicted molar refractivity (Wildman–Crippen MR) is 92.5 cm³/mol. The van der Waals surface area contributed by atoms with Crippen molar-refractivity contribution in [3.8, 4) is 0 Å². The Morgan fingerprint density at radius 2 is 1.90 bits per heavy atom. The van der Waals surface area contributed by atoms with E-state index < -0.39 is 0 Å². The summed E-state index contributed by atoms with van der Waals surface area (Å²) in [4.78, 5) is 14.5. The molecule has 0 bridgehead atoms. The fraction of sp³-hybridized carbons (Fsp3) is 0.933. The van der Waals surface area contributed by atoms with E-state index in [1.54, 1.807) is 0 Å². The molecule has 0 aromatic heterocycles. The molecule has 2 heterocycles. The first-order chi connectivity index (χ1) is 9.04. The Morgan fingerprint density at radius 1 is 1.29 bits per heavy atom. The smallest absolute Gasteiger partial charge is 0.237 e. The van der Waals surface area contributed by atoms with Crippen molar-refractivity contribution in [3.05, 3.63) is 0 Å². The Hall–Kier alpha value is -0.0300. The van der Waals surface area contributed by atoms with E-state index in [-0.39, 0.29) is 42.8 Å². The van der Waals surface area contributed by atoms with Crippen molar-refractivity contribution in [2.24, 2.45) is 11.8 Å². The lowest BCUT2D eigenvalue weighted by atomic mass is 9.92. The summed E-state index contributed by atoms with van der Waals surface area (Å²) in [6, 6.07) is 0.286. The van der Waals surface area contributed by atoms with E-state index in [2.05, 4.69) is 36.3 Å². The van der Waals surface area contributed by atoms with Gasteiger partial charge in [0.25, 0.3) is 0 Å². The third-order valence-electron chi connectivity index (χ3n) is 4.24. The molecule has 126 valence electrons. The van der Waals surface area contributed by atoms with Crippen molar-refractivity contribution < 1.29 is 4.79 Å². The quantitative estimate of drug-likeness (QED) is 0.823. The SMILES string of the molecule is CC1CC(C)CN(CC(C)NC(=O)C2CCCN2)C1.Cl.Cl. The lowest BCUT2D eigenvalue weighted by Gasteiger charge is -2.36. The van der Waals surface area contributed by atoms with Crippen LogP contribution in [0.15, 0.2) is 0 Å². The minimum absolute atomic E-state index is 0. The fourth-order valence-corrected chi connectivity index (χ4v) is 3.63.